The number of nitrogens with one attached hydrogen (secondary N) is 2. The lowest BCUT2D eigenvalue weighted by Crippen LogP contribution is -2.47. The van der Waals surface area contributed by atoms with Crippen LogP contribution in [-0.2, 0) is 4.79 Å². The largest absolute Gasteiger partial charge is 0.336 e. The molecule has 1 aliphatic heterocycles. The summed E-state index contributed by atoms with van der Waals surface area (Å²) in [6, 6.07) is 8.84. The van der Waals surface area contributed by atoms with Gasteiger partial charge in [-0.15, -0.1) is 0 Å². The molecule has 1 aromatic carbocycles. The third-order valence-electron chi connectivity index (χ3n) is 3.00. The third-order valence-corrected chi connectivity index (χ3v) is 3.00. The molecule has 0 bridgehead atoms. The molecular weight excluding hydrogens is 242 g/mol. The van der Waals surface area contributed by atoms with Crippen molar-refractivity contribution in [2.45, 2.75) is 32.4 Å². The number of carbonyl (C=O) groups is 2. The van der Waals surface area contributed by atoms with E-state index in [1.54, 1.807) is 4.90 Å². The summed E-state index contributed by atoms with van der Waals surface area (Å²) in [6.07, 6.45) is 0.638. The molecule has 5 heteroatoms. The SMILES string of the molecule is CC(C)NC(=O)NC1CCN(c2ccccc2)C1=O. The molecule has 3 amide bonds. The topological polar surface area (TPSA) is 61.4 Å². The standard InChI is InChI=1S/C14H19N3O2/c1-10(2)15-14(19)16-12-8-9-17(13(12)18)11-6-4-3-5-7-11/h3-7,10,12H,8-9H2,1-2H3,(H2,15,16,19). The van der Waals surface area contributed by atoms with Crippen molar-refractivity contribution in [3.63, 3.8) is 0 Å². The van der Waals surface area contributed by atoms with Crippen LogP contribution in [0.1, 0.15) is 20.3 Å². The van der Waals surface area contributed by atoms with E-state index in [0.717, 1.165) is 5.69 Å². The molecule has 1 heterocycles. The van der Waals surface area contributed by atoms with Crippen LogP contribution in [0.3, 0.4) is 0 Å². The Hall–Kier alpha value is -2.04. The maximum Gasteiger partial charge on any atom is 0.315 e. The van der Waals surface area contributed by atoms with Crippen molar-refractivity contribution in [2.75, 3.05) is 11.4 Å². The van der Waals surface area contributed by atoms with Gasteiger partial charge in [-0.05, 0) is 32.4 Å². The fourth-order valence-electron chi connectivity index (χ4n) is 2.14. The van der Waals surface area contributed by atoms with Gasteiger partial charge in [-0.2, -0.15) is 0 Å². The highest BCUT2D eigenvalue weighted by Crippen LogP contribution is 2.20. The fourth-order valence-corrected chi connectivity index (χ4v) is 2.14. The van der Waals surface area contributed by atoms with Crippen LogP contribution in [0.2, 0.25) is 0 Å². The van der Waals surface area contributed by atoms with Gasteiger partial charge < -0.3 is 15.5 Å². The monoisotopic (exact) mass is 261 g/mol. The van der Waals surface area contributed by atoms with Crippen molar-refractivity contribution < 1.29 is 9.59 Å². The molecule has 1 unspecified atom stereocenters. The van der Waals surface area contributed by atoms with Gasteiger partial charge in [0, 0.05) is 18.3 Å². The van der Waals surface area contributed by atoms with Crippen molar-refractivity contribution in [1.29, 1.82) is 0 Å². The van der Waals surface area contributed by atoms with E-state index >= 15 is 0 Å². The number of rotatable bonds is 3. The third kappa shape index (κ3) is 3.24. The van der Waals surface area contributed by atoms with Gasteiger partial charge in [0.2, 0.25) is 5.91 Å². The summed E-state index contributed by atoms with van der Waals surface area (Å²) in [7, 11) is 0. The molecule has 1 aliphatic rings. The van der Waals surface area contributed by atoms with Crippen molar-refractivity contribution in [2.24, 2.45) is 0 Å². The molecule has 1 fully saturated rings. The van der Waals surface area contributed by atoms with Gasteiger partial charge in [-0.1, -0.05) is 18.2 Å². The summed E-state index contributed by atoms with van der Waals surface area (Å²) in [6.45, 7) is 4.40. The molecule has 19 heavy (non-hydrogen) atoms. The van der Waals surface area contributed by atoms with E-state index in [1.807, 2.05) is 44.2 Å². The van der Waals surface area contributed by atoms with Gasteiger partial charge in [-0.3, -0.25) is 4.79 Å². The van der Waals surface area contributed by atoms with Gasteiger partial charge in [-0.25, -0.2) is 4.79 Å². The molecule has 0 saturated carbocycles. The molecular formula is C14H19N3O2. The zero-order valence-electron chi connectivity index (χ0n) is 11.2. The number of hydrogen-bond acceptors (Lipinski definition) is 2. The fraction of sp³-hybridized carbons (Fsp3) is 0.429. The van der Waals surface area contributed by atoms with Crippen LogP contribution in [-0.4, -0.2) is 30.6 Å². The molecule has 1 atom stereocenters. The highest BCUT2D eigenvalue weighted by molar-refractivity contribution is 6.01. The van der Waals surface area contributed by atoms with Crippen LogP contribution in [0.4, 0.5) is 10.5 Å². The second-order valence-corrected chi connectivity index (χ2v) is 4.94. The van der Waals surface area contributed by atoms with E-state index < -0.39 is 6.04 Å². The highest BCUT2D eigenvalue weighted by atomic mass is 16.2. The lowest BCUT2D eigenvalue weighted by atomic mass is 10.2. The summed E-state index contributed by atoms with van der Waals surface area (Å²) >= 11 is 0. The quantitative estimate of drug-likeness (QED) is 0.866. The highest BCUT2D eigenvalue weighted by Gasteiger charge is 2.33. The van der Waals surface area contributed by atoms with E-state index in [9.17, 15) is 9.59 Å². The molecule has 0 aromatic heterocycles. The molecule has 2 N–H and O–H groups in total. The maximum absolute atomic E-state index is 12.2. The Kier molecular flexibility index (Phi) is 4.04. The number of carbonyl (C=O) groups excluding carboxylic acids is 2. The minimum absolute atomic E-state index is 0.0508. The normalized spacial score (nSPS) is 18.8. The Morgan fingerprint density at radius 1 is 1.32 bits per heavy atom. The minimum atomic E-state index is -0.432. The summed E-state index contributed by atoms with van der Waals surface area (Å²) in [4.78, 5) is 25.5. The average Bonchev–Trinajstić information content (AvgIpc) is 2.71. The first kappa shape index (κ1) is 13.4. The number of anilines is 1. The summed E-state index contributed by atoms with van der Waals surface area (Å²) < 4.78 is 0. The van der Waals surface area contributed by atoms with Crippen LogP contribution in [0.5, 0.6) is 0 Å². The molecule has 0 spiro atoms. The Balaban J connectivity index is 1.97. The van der Waals surface area contributed by atoms with Gasteiger partial charge in [0.1, 0.15) is 6.04 Å². The molecule has 1 aromatic rings. The van der Waals surface area contributed by atoms with E-state index in [2.05, 4.69) is 10.6 Å². The van der Waals surface area contributed by atoms with Crippen molar-refractivity contribution in [3.05, 3.63) is 30.3 Å². The average molecular weight is 261 g/mol. The first-order valence-electron chi connectivity index (χ1n) is 6.51. The number of amides is 3. The Morgan fingerprint density at radius 2 is 2.00 bits per heavy atom. The first-order chi connectivity index (χ1) is 9.08. The van der Waals surface area contributed by atoms with Crippen LogP contribution in [0.25, 0.3) is 0 Å². The summed E-state index contributed by atoms with van der Waals surface area (Å²) in [5.41, 5.74) is 0.876. The van der Waals surface area contributed by atoms with E-state index in [4.69, 9.17) is 0 Å². The predicted octanol–water partition coefficient (Wildman–Crippen LogP) is 1.50. The maximum atomic E-state index is 12.2. The second kappa shape index (κ2) is 5.73. The van der Waals surface area contributed by atoms with E-state index in [1.165, 1.54) is 0 Å². The molecule has 0 radical (unpaired) electrons. The van der Waals surface area contributed by atoms with Crippen LogP contribution in [0, 0.1) is 0 Å². The predicted molar refractivity (Wildman–Crippen MR) is 74.0 cm³/mol. The Labute approximate surface area is 113 Å². The second-order valence-electron chi connectivity index (χ2n) is 4.94. The Morgan fingerprint density at radius 3 is 2.63 bits per heavy atom. The van der Waals surface area contributed by atoms with Crippen LogP contribution >= 0.6 is 0 Å². The smallest absolute Gasteiger partial charge is 0.315 e. The zero-order chi connectivity index (χ0) is 13.8. The van der Waals surface area contributed by atoms with Gasteiger partial charge in [0.15, 0.2) is 0 Å². The molecule has 5 nitrogen and oxygen atoms in total. The van der Waals surface area contributed by atoms with Gasteiger partial charge >= 0.3 is 6.03 Å². The lowest BCUT2D eigenvalue weighted by Gasteiger charge is -2.17. The number of benzene rings is 1. The van der Waals surface area contributed by atoms with Crippen LogP contribution in [0.15, 0.2) is 30.3 Å². The molecule has 2 rings (SSSR count). The van der Waals surface area contributed by atoms with E-state index in [0.29, 0.717) is 13.0 Å². The van der Waals surface area contributed by atoms with Gasteiger partial charge in [0.25, 0.3) is 0 Å². The Bertz CT molecular complexity index is 459. The van der Waals surface area contributed by atoms with Crippen LogP contribution < -0.4 is 15.5 Å². The molecule has 102 valence electrons. The van der Waals surface area contributed by atoms with Gasteiger partial charge in [0.05, 0.1) is 0 Å². The summed E-state index contributed by atoms with van der Waals surface area (Å²) in [5, 5.41) is 5.44. The van der Waals surface area contributed by atoms with Crippen molar-refractivity contribution in [3.8, 4) is 0 Å². The zero-order valence-corrected chi connectivity index (χ0v) is 11.2. The minimum Gasteiger partial charge on any atom is -0.336 e. The molecule has 0 aliphatic carbocycles. The molecule has 1 saturated heterocycles. The lowest BCUT2D eigenvalue weighted by molar-refractivity contribution is -0.118. The number of nitrogens with zero attached hydrogens (tertiary/aromatic N) is 1. The van der Waals surface area contributed by atoms with Crippen molar-refractivity contribution in [1.82, 2.24) is 10.6 Å². The van der Waals surface area contributed by atoms with Crippen molar-refractivity contribution >= 4 is 17.6 Å². The number of hydrogen-bond donors (Lipinski definition) is 2. The number of urea groups is 1. The number of para-hydroxylation sites is 1. The van der Waals surface area contributed by atoms with E-state index in [-0.39, 0.29) is 18.0 Å². The first-order valence-corrected chi connectivity index (χ1v) is 6.51. The summed E-state index contributed by atoms with van der Waals surface area (Å²) in [5.74, 6) is -0.0508.